The van der Waals surface area contributed by atoms with Crippen molar-refractivity contribution in [3.8, 4) is 0 Å². The molecule has 3 rings (SSSR count). The number of rotatable bonds is 3. The first-order chi connectivity index (χ1) is 11.5. The van der Waals surface area contributed by atoms with E-state index in [1.54, 1.807) is 6.92 Å². The molecule has 2 aliphatic rings. The van der Waals surface area contributed by atoms with Gasteiger partial charge in [0.15, 0.2) is 0 Å². The SMILES string of the molecule is Cc1nc(C(=O)N2CC(C)C(N3CCOCC3)C2)ccc1C(=O)O. The van der Waals surface area contributed by atoms with Crippen LogP contribution in [0.25, 0.3) is 0 Å². The predicted molar refractivity (Wildman–Crippen MR) is 87.2 cm³/mol. The molecule has 2 atom stereocenters. The molecule has 0 spiro atoms. The third-order valence-corrected chi connectivity index (χ3v) is 4.91. The molecule has 2 aliphatic heterocycles. The number of hydrogen-bond acceptors (Lipinski definition) is 5. The van der Waals surface area contributed by atoms with Crippen LogP contribution in [-0.2, 0) is 4.74 Å². The zero-order chi connectivity index (χ0) is 17.3. The standard InChI is InChI=1S/C17H23N3O4/c1-11-9-20(10-15(11)19-5-7-24-8-6-19)16(21)14-4-3-13(17(22)23)12(2)18-14/h3-4,11,15H,5-10H2,1-2H3,(H,22,23). The number of ether oxygens (including phenoxy) is 1. The van der Waals surface area contributed by atoms with Crippen LogP contribution in [0, 0.1) is 12.8 Å². The normalized spacial score (nSPS) is 25.0. The van der Waals surface area contributed by atoms with Gasteiger partial charge in [0.25, 0.3) is 5.91 Å². The Balaban J connectivity index is 1.71. The Hall–Kier alpha value is -1.99. The highest BCUT2D eigenvalue weighted by molar-refractivity contribution is 5.94. The molecule has 1 N–H and O–H groups in total. The summed E-state index contributed by atoms with van der Waals surface area (Å²) in [6, 6.07) is 3.31. The summed E-state index contributed by atoms with van der Waals surface area (Å²) in [5, 5.41) is 9.07. The first-order valence-corrected chi connectivity index (χ1v) is 8.29. The average Bonchev–Trinajstić information content (AvgIpc) is 2.96. The third kappa shape index (κ3) is 3.27. The summed E-state index contributed by atoms with van der Waals surface area (Å²) in [6.07, 6.45) is 0. The van der Waals surface area contributed by atoms with Gasteiger partial charge in [-0.1, -0.05) is 6.92 Å². The van der Waals surface area contributed by atoms with Gasteiger partial charge < -0.3 is 14.7 Å². The molecule has 7 nitrogen and oxygen atoms in total. The second-order valence-electron chi connectivity index (χ2n) is 6.54. The summed E-state index contributed by atoms with van der Waals surface area (Å²) in [7, 11) is 0. The maximum Gasteiger partial charge on any atom is 0.337 e. The van der Waals surface area contributed by atoms with E-state index in [0.717, 1.165) is 26.3 Å². The zero-order valence-electron chi connectivity index (χ0n) is 14.1. The molecule has 1 aromatic rings. The molecule has 1 aromatic heterocycles. The molecule has 0 bridgehead atoms. The molecule has 24 heavy (non-hydrogen) atoms. The number of amides is 1. The van der Waals surface area contributed by atoms with Crippen LogP contribution in [0.2, 0.25) is 0 Å². The van der Waals surface area contributed by atoms with E-state index in [1.807, 2.05) is 4.90 Å². The molecule has 0 radical (unpaired) electrons. The molecule has 0 aromatic carbocycles. The van der Waals surface area contributed by atoms with Crippen molar-refractivity contribution in [2.75, 3.05) is 39.4 Å². The molecule has 2 unspecified atom stereocenters. The fourth-order valence-electron chi connectivity index (χ4n) is 3.57. The second kappa shape index (κ2) is 6.86. The lowest BCUT2D eigenvalue weighted by Crippen LogP contribution is -2.47. The van der Waals surface area contributed by atoms with E-state index < -0.39 is 5.97 Å². The summed E-state index contributed by atoms with van der Waals surface area (Å²) >= 11 is 0. The smallest absolute Gasteiger partial charge is 0.337 e. The Labute approximate surface area is 141 Å². The number of aromatic nitrogens is 1. The molecule has 2 saturated heterocycles. The quantitative estimate of drug-likeness (QED) is 0.884. The van der Waals surface area contributed by atoms with Crippen molar-refractivity contribution in [3.63, 3.8) is 0 Å². The lowest BCUT2D eigenvalue weighted by Gasteiger charge is -2.33. The van der Waals surface area contributed by atoms with Gasteiger partial charge in [0.1, 0.15) is 5.69 Å². The number of carboxylic acid groups (broad SMARTS) is 1. The van der Waals surface area contributed by atoms with E-state index >= 15 is 0 Å². The minimum absolute atomic E-state index is 0.127. The van der Waals surface area contributed by atoms with Gasteiger partial charge in [-0.15, -0.1) is 0 Å². The van der Waals surface area contributed by atoms with Crippen LogP contribution >= 0.6 is 0 Å². The Morgan fingerprint density at radius 1 is 1.25 bits per heavy atom. The lowest BCUT2D eigenvalue weighted by molar-refractivity contribution is 0.0119. The second-order valence-corrected chi connectivity index (χ2v) is 6.54. The van der Waals surface area contributed by atoms with Gasteiger partial charge in [0, 0.05) is 32.2 Å². The number of carbonyl (C=O) groups is 2. The molecule has 2 fully saturated rings. The van der Waals surface area contributed by atoms with Crippen LogP contribution in [-0.4, -0.2) is 77.2 Å². The Morgan fingerprint density at radius 3 is 2.58 bits per heavy atom. The summed E-state index contributed by atoms with van der Waals surface area (Å²) in [5.74, 6) is -0.759. The van der Waals surface area contributed by atoms with E-state index in [1.165, 1.54) is 12.1 Å². The summed E-state index contributed by atoms with van der Waals surface area (Å²) in [4.78, 5) is 32.2. The van der Waals surface area contributed by atoms with E-state index in [9.17, 15) is 9.59 Å². The van der Waals surface area contributed by atoms with Crippen molar-refractivity contribution < 1.29 is 19.4 Å². The summed E-state index contributed by atoms with van der Waals surface area (Å²) in [5.41, 5.74) is 0.810. The molecule has 7 heteroatoms. The van der Waals surface area contributed by atoms with Gasteiger partial charge in [-0.3, -0.25) is 9.69 Å². The van der Waals surface area contributed by atoms with Gasteiger partial charge in [0.05, 0.1) is 24.5 Å². The average molecular weight is 333 g/mol. The maximum atomic E-state index is 12.7. The van der Waals surface area contributed by atoms with Crippen LogP contribution in [0.1, 0.15) is 33.5 Å². The molecule has 3 heterocycles. The predicted octanol–water partition coefficient (Wildman–Crippen LogP) is 0.881. The van der Waals surface area contributed by atoms with Crippen LogP contribution in [0.3, 0.4) is 0 Å². The highest BCUT2D eigenvalue weighted by Crippen LogP contribution is 2.24. The third-order valence-electron chi connectivity index (χ3n) is 4.91. The highest BCUT2D eigenvalue weighted by Gasteiger charge is 2.37. The van der Waals surface area contributed by atoms with Gasteiger partial charge in [-0.05, 0) is 25.0 Å². The Kier molecular flexibility index (Phi) is 4.82. The highest BCUT2D eigenvalue weighted by atomic mass is 16.5. The van der Waals surface area contributed by atoms with Gasteiger partial charge in [-0.25, -0.2) is 9.78 Å². The molecular weight excluding hydrogens is 310 g/mol. The molecular formula is C17H23N3O4. The monoisotopic (exact) mass is 333 g/mol. The summed E-state index contributed by atoms with van der Waals surface area (Å²) in [6.45, 7) is 8.46. The van der Waals surface area contributed by atoms with E-state index in [4.69, 9.17) is 9.84 Å². The first-order valence-electron chi connectivity index (χ1n) is 8.29. The number of likely N-dealkylation sites (tertiary alicyclic amines) is 1. The van der Waals surface area contributed by atoms with E-state index in [0.29, 0.717) is 36.4 Å². The first kappa shape index (κ1) is 16.9. The van der Waals surface area contributed by atoms with Gasteiger partial charge in [0.2, 0.25) is 0 Å². The lowest BCUT2D eigenvalue weighted by atomic mass is 10.0. The largest absolute Gasteiger partial charge is 0.478 e. The van der Waals surface area contributed by atoms with Crippen molar-refractivity contribution in [1.29, 1.82) is 0 Å². The van der Waals surface area contributed by atoms with Crippen molar-refractivity contribution in [3.05, 3.63) is 29.1 Å². The van der Waals surface area contributed by atoms with Gasteiger partial charge in [-0.2, -0.15) is 0 Å². The number of carboxylic acids is 1. The fourth-order valence-corrected chi connectivity index (χ4v) is 3.57. The number of nitrogens with zero attached hydrogens (tertiary/aromatic N) is 3. The topological polar surface area (TPSA) is 83.0 Å². The van der Waals surface area contributed by atoms with Crippen LogP contribution in [0.4, 0.5) is 0 Å². The van der Waals surface area contributed by atoms with Crippen LogP contribution in [0.5, 0.6) is 0 Å². The number of pyridine rings is 1. The number of carbonyl (C=O) groups excluding carboxylic acids is 1. The van der Waals surface area contributed by atoms with E-state index in [-0.39, 0.29) is 11.5 Å². The number of hydrogen-bond donors (Lipinski definition) is 1. The van der Waals surface area contributed by atoms with Crippen molar-refractivity contribution in [2.24, 2.45) is 5.92 Å². The van der Waals surface area contributed by atoms with Crippen molar-refractivity contribution >= 4 is 11.9 Å². The van der Waals surface area contributed by atoms with Gasteiger partial charge >= 0.3 is 5.97 Å². The maximum absolute atomic E-state index is 12.7. The fraction of sp³-hybridized carbons (Fsp3) is 0.588. The van der Waals surface area contributed by atoms with Crippen molar-refractivity contribution in [2.45, 2.75) is 19.9 Å². The minimum atomic E-state index is -1.03. The Bertz CT molecular complexity index is 643. The Morgan fingerprint density at radius 2 is 1.96 bits per heavy atom. The van der Waals surface area contributed by atoms with Crippen molar-refractivity contribution in [1.82, 2.24) is 14.8 Å². The number of aryl methyl sites for hydroxylation is 1. The van der Waals surface area contributed by atoms with E-state index in [2.05, 4.69) is 16.8 Å². The molecule has 0 saturated carbocycles. The number of aromatic carboxylic acids is 1. The minimum Gasteiger partial charge on any atom is -0.478 e. The number of morpholine rings is 1. The molecule has 0 aliphatic carbocycles. The molecule has 1 amide bonds. The van der Waals surface area contributed by atoms with Crippen LogP contribution < -0.4 is 0 Å². The molecule has 130 valence electrons. The zero-order valence-corrected chi connectivity index (χ0v) is 14.1. The summed E-state index contributed by atoms with van der Waals surface area (Å²) < 4.78 is 5.40. The van der Waals surface area contributed by atoms with Crippen LogP contribution in [0.15, 0.2) is 12.1 Å².